The Hall–Kier alpha value is -2.18. The highest BCUT2D eigenvalue weighted by Crippen LogP contribution is 2.29. The summed E-state index contributed by atoms with van der Waals surface area (Å²) in [6, 6.07) is 9.49. The van der Waals surface area contributed by atoms with E-state index in [4.69, 9.17) is 18.9 Å². The zero-order valence-corrected chi connectivity index (χ0v) is 15.5. The standard InChI is InChI=1S/C20H26O6/c1-14(2)19(22)24-13-17-10-16(25-20(3,4)26-17)11-18(21)23-12-15-8-6-5-7-9-15/h5-9,16-17H,1,10-13H2,2-4H3. The molecule has 0 N–H and O–H groups in total. The molecule has 1 aliphatic heterocycles. The molecule has 1 fully saturated rings. The van der Waals surface area contributed by atoms with Gasteiger partial charge >= 0.3 is 11.9 Å². The second-order valence-electron chi connectivity index (χ2n) is 6.84. The summed E-state index contributed by atoms with van der Waals surface area (Å²) < 4.78 is 22.0. The van der Waals surface area contributed by atoms with Crippen LogP contribution in [0.15, 0.2) is 42.5 Å². The summed E-state index contributed by atoms with van der Waals surface area (Å²) in [4.78, 5) is 23.7. The van der Waals surface area contributed by atoms with Crippen molar-refractivity contribution in [3.05, 3.63) is 48.0 Å². The molecule has 0 spiro atoms. The predicted octanol–water partition coefficient (Wildman–Crippen LogP) is 3.15. The highest BCUT2D eigenvalue weighted by Gasteiger charge is 2.37. The van der Waals surface area contributed by atoms with Crippen LogP contribution in [0.3, 0.4) is 0 Å². The molecule has 1 heterocycles. The largest absolute Gasteiger partial charge is 0.461 e. The maximum absolute atomic E-state index is 12.1. The van der Waals surface area contributed by atoms with Crippen molar-refractivity contribution in [2.24, 2.45) is 0 Å². The van der Waals surface area contributed by atoms with Gasteiger partial charge in [0.1, 0.15) is 13.2 Å². The van der Waals surface area contributed by atoms with Gasteiger partial charge < -0.3 is 18.9 Å². The van der Waals surface area contributed by atoms with Crippen molar-refractivity contribution in [2.45, 2.75) is 58.2 Å². The summed E-state index contributed by atoms with van der Waals surface area (Å²) in [5.41, 5.74) is 1.26. The van der Waals surface area contributed by atoms with E-state index in [1.165, 1.54) is 0 Å². The van der Waals surface area contributed by atoms with Gasteiger partial charge in [-0.05, 0) is 26.3 Å². The molecule has 0 radical (unpaired) electrons. The van der Waals surface area contributed by atoms with E-state index in [2.05, 4.69) is 6.58 Å². The maximum atomic E-state index is 12.1. The van der Waals surface area contributed by atoms with Gasteiger partial charge in [0, 0.05) is 12.0 Å². The molecule has 2 rings (SSSR count). The molecule has 2 atom stereocenters. The van der Waals surface area contributed by atoms with Crippen molar-refractivity contribution in [2.75, 3.05) is 6.61 Å². The van der Waals surface area contributed by atoms with E-state index < -0.39 is 11.8 Å². The van der Waals surface area contributed by atoms with Crippen LogP contribution in [0.5, 0.6) is 0 Å². The third kappa shape index (κ3) is 6.61. The number of carbonyl (C=O) groups is 2. The van der Waals surface area contributed by atoms with Crippen LogP contribution < -0.4 is 0 Å². The molecule has 26 heavy (non-hydrogen) atoms. The molecule has 0 amide bonds. The zero-order chi connectivity index (χ0) is 19.2. The smallest absolute Gasteiger partial charge is 0.333 e. The molecule has 0 aromatic heterocycles. The van der Waals surface area contributed by atoms with Crippen LogP contribution in [0.25, 0.3) is 0 Å². The number of carbonyl (C=O) groups excluding carboxylic acids is 2. The third-order valence-electron chi connectivity index (χ3n) is 3.81. The normalized spacial score (nSPS) is 21.7. The Bertz CT molecular complexity index is 637. The number of ether oxygens (including phenoxy) is 4. The molecular weight excluding hydrogens is 336 g/mol. The second kappa shape index (κ2) is 8.96. The van der Waals surface area contributed by atoms with Gasteiger partial charge in [-0.1, -0.05) is 36.9 Å². The lowest BCUT2D eigenvalue weighted by atomic mass is 10.1. The zero-order valence-electron chi connectivity index (χ0n) is 15.5. The van der Waals surface area contributed by atoms with E-state index in [0.29, 0.717) is 12.0 Å². The van der Waals surface area contributed by atoms with E-state index in [9.17, 15) is 9.59 Å². The Morgan fingerprint density at radius 2 is 1.81 bits per heavy atom. The topological polar surface area (TPSA) is 71.1 Å². The average molecular weight is 362 g/mol. The monoisotopic (exact) mass is 362 g/mol. The lowest BCUT2D eigenvalue weighted by Crippen LogP contribution is -2.47. The first-order valence-corrected chi connectivity index (χ1v) is 8.63. The first-order valence-electron chi connectivity index (χ1n) is 8.63. The number of hydrogen-bond donors (Lipinski definition) is 0. The van der Waals surface area contributed by atoms with Crippen LogP contribution in [-0.2, 0) is 35.1 Å². The number of esters is 2. The number of rotatable bonds is 7. The Kier molecular flexibility index (Phi) is 6.94. The van der Waals surface area contributed by atoms with Crippen molar-refractivity contribution in [1.29, 1.82) is 0 Å². The first kappa shape index (κ1) is 20.1. The molecule has 6 nitrogen and oxygen atoms in total. The van der Waals surface area contributed by atoms with Crippen LogP contribution in [0.2, 0.25) is 0 Å². The van der Waals surface area contributed by atoms with E-state index in [1.54, 1.807) is 20.8 Å². The highest BCUT2D eigenvalue weighted by molar-refractivity contribution is 5.86. The molecule has 2 unspecified atom stereocenters. The van der Waals surface area contributed by atoms with Gasteiger partial charge in [-0.3, -0.25) is 4.79 Å². The van der Waals surface area contributed by atoms with Crippen LogP contribution >= 0.6 is 0 Å². The molecule has 1 aromatic carbocycles. The summed E-state index contributed by atoms with van der Waals surface area (Å²) in [5.74, 6) is -1.67. The molecule has 1 saturated heterocycles. The average Bonchev–Trinajstić information content (AvgIpc) is 2.57. The van der Waals surface area contributed by atoms with Crippen LogP contribution in [0.1, 0.15) is 39.2 Å². The lowest BCUT2D eigenvalue weighted by Gasteiger charge is -2.40. The minimum Gasteiger partial charge on any atom is -0.461 e. The Balaban J connectivity index is 1.84. The van der Waals surface area contributed by atoms with E-state index in [-0.39, 0.29) is 37.8 Å². The fraction of sp³-hybridized carbons (Fsp3) is 0.500. The quantitative estimate of drug-likeness (QED) is 0.548. The Labute approximate surface area is 154 Å². The molecule has 1 aromatic rings. The predicted molar refractivity (Wildman–Crippen MR) is 95.1 cm³/mol. The summed E-state index contributed by atoms with van der Waals surface area (Å²) in [5, 5.41) is 0. The van der Waals surface area contributed by atoms with Crippen molar-refractivity contribution >= 4 is 11.9 Å². The maximum Gasteiger partial charge on any atom is 0.333 e. The lowest BCUT2D eigenvalue weighted by molar-refractivity contribution is -0.304. The van der Waals surface area contributed by atoms with Crippen molar-refractivity contribution in [3.63, 3.8) is 0 Å². The van der Waals surface area contributed by atoms with Gasteiger partial charge in [-0.25, -0.2) is 4.79 Å². The van der Waals surface area contributed by atoms with Crippen molar-refractivity contribution < 1.29 is 28.5 Å². The highest BCUT2D eigenvalue weighted by atomic mass is 16.7. The fourth-order valence-corrected chi connectivity index (χ4v) is 2.72. The van der Waals surface area contributed by atoms with Gasteiger partial charge in [0.15, 0.2) is 5.79 Å². The molecule has 6 heteroatoms. The number of hydrogen-bond acceptors (Lipinski definition) is 6. The second-order valence-corrected chi connectivity index (χ2v) is 6.84. The summed E-state index contributed by atoms with van der Waals surface area (Å²) >= 11 is 0. The van der Waals surface area contributed by atoms with Gasteiger partial charge in [-0.2, -0.15) is 0 Å². The molecule has 1 aliphatic rings. The van der Waals surface area contributed by atoms with Crippen molar-refractivity contribution in [3.8, 4) is 0 Å². The SMILES string of the molecule is C=C(C)C(=O)OCC1CC(CC(=O)OCc2ccccc2)OC(C)(C)O1. The van der Waals surface area contributed by atoms with Gasteiger partial charge in [0.25, 0.3) is 0 Å². The first-order chi connectivity index (χ1) is 12.2. The summed E-state index contributed by atoms with van der Waals surface area (Å²) in [6.45, 7) is 8.98. The molecule has 0 aliphatic carbocycles. The minimum absolute atomic E-state index is 0.0913. The van der Waals surface area contributed by atoms with Crippen LogP contribution in [-0.4, -0.2) is 36.5 Å². The van der Waals surface area contributed by atoms with E-state index >= 15 is 0 Å². The Morgan fingerprint density at radius 3 is 2.46 bits per heavy atom. The Morgan fingerprint density at radius 1 is 1.15 bits per heavy atom. The summed E-state index contributed by atoms with van der Waals surface area (Å²) in [6.07, 6.45) is -0.165. The molecule has 0 bridgehead atoms. The van der Waals surface area contributed by atoms with Crippen LogP contribution in [0.4, 0.5) is 0 Å². The van der Waals surface area contributed by atoms with Gasteiger partial charge in [-0.15, -0.1) is 0 Å². The third-order valence-corrected chi connectivity index (χ3v) is 3.81. The summed E-state index contributed by atoms with van der Waals surface area (Å²) in [7, 11) is 0. The molecule has 142 valence electrons. The number of benzene rings is 1. The van der Waals surface area contributed by atoms with E-state index in [1.807, 2.05) is 30.3 Å². The minimum atomic E-state index is -0.872. The van der Waals surface area contributed by atoms with Crippen molar-refractivity contribution in [1.82, 2.24) is 0 Å². The fourth-order valence-electron chi connectivity index (χ4n) is 2.72. The van der Waals surface area contributed by atoms with Crippen LogP contribution in [0, 0.1) is 0 Å². The molecule has 0 saturated carbocycles. The van der Waals surface area contributed by atoms with Gasteiger partial charge in [0.05, 0.1) is 18.6 Å². The van der Waals surface area contributed by atoms with E-state index in [0.717, 1.165) is 5.56 Å². The molecular formula is C20H26O6. The van der Waals surface area contributed by atoms with Gasteiger partial charge in [0.2, 0.25) is 0 Å².